The molecule has 2 heteroatoms. The van der Waals surface area contributed by atoms with Crippen LogP contribution in [-0.2, 0) is 0 Å². The van der Waals surface area contributed by atoms with Crippen molar-refractivity contribution in [3.05, 3.63) is 0 Å². The van der Waals surface area contributed by atoms with Gasteiger partial charge in [0.1, 0.15) is 0 Å². The second kappa shape index (κ2) is 10.8. The molecule has 0 atom stereocenters. The van der Waals surface area contributed by atoms with Gasteiger partial charge in [0.2, 0.25) is 0 Å². The van der Waals surface area contributed by atoms with Gasteiger partial charge in [-0.15, -0.1) is 23.5 Å². The second-order valence-electron chi connectivity index (χ2n) is 3.19. The average Bonchev–Trinajstić information content (AvgIpc) is 2.13. The average molecular weight is 220 g/mol. The lowest BCUT2D eigenvalue weighted by molar-refractivity contribution is 0.653. The Morgan fingerprint density at radius 1 is 0.846 bits per heavy atom. The fraction of sp³-hybridized carbons (Fsp3) is 1.00. The van der Waals surface area contributed by atoms with Crippen LogP contribution in [0.3, 0.4) is 0 Å². The monoisotopic (exact) mass is 220 g/mol. The summed E-state index contributed by atoms with van der Waals surface area (Å²) >= 11 is 4.24. The highest BCUT2D eigenvalue weighted by atomic mass is 32.2. The van der Waals surface area contributed by atoms with Crippen LogP contribution in [0.1, 0.15) is 52.9 Å². The van der Waals surface area contributed by atoms with Gasteiger partial charge < -0.3 is 0 Å². The van der Waals surface area contributed by atoms with Gasteiger partial charge in [-0.25, -0.2) is 0 Å². The molecule has 0 amide bonds. The van der Waals surface area contributed by atoms with Gasteiger partial charge in [0.05, 0.1) is 4.58 Å². The van der Waals surface area contributed by atoms with Gasteiger partial charge in [-0.1, -0.05) is 46.5 Å². The summed E-state index contributed by atoms with van der Waals surface area (Å²) < 4.78 is 0.867. The van der Waals surface area contributed by atoms with E-state index in [4.69, 9.17) is 0 Å². The quantitative estimate of drug-likeness (QED) is 0.405. The van der Waals surface area contributed by atoms with E-state index in [-0.39, 0.29) is 0 Å². The molecule has 0 aliphatic heterocycles. The molecule has 0 nitrogen and oxygen atoms in total. The lowest BCUT2D eigenvalue weighted by Gasteiger charge is -2.13. The van der Waals surface area contributed by atoms with E-state index in [0.717, 1.165) is 4.58 Å². The van der Waals surface area contributed by atoms with Crippen molar-refractivity contribution in [2.24, 2.45) is 0 Å². The van der Waals surface area contributed by atoms with Crippen molar-refractivity contribution in [2.75, 3.05) is 11.5 Å². The van der Waals surface area contributed by atoms with E-state index < -0.39 is 0 Å². The molecule has 0 radical (unpaired) electrons. The molecule has 0 N–H and O–H groups in total. The third kappa shape index (κ3) is 9.01. The summed E-state index contributed by atoms with van der Waals surface area (Å²) in [7, 11) is 0. The predicted octanol–water partition coefficient (Wildman–Crippen LogP) is 4.79. The smallest absolute Gasteiger partial charge is 0.0502 e. The van der Waals surface area contributed by atoms with Crippen LogP contribution in [0.25, 0.3) is 0 Å². The summed E-state index contributed by atoms with van der Waals surface area (Å²) in [5, 5.41) is 0. The Hall–Kier alpha value is 0.700. The zero-order valence-electron chi connectivity index (χ0n) is 9.34. The van der Waals surface area contributed by atoms with Gasteiger partial charge in [0.15, 0.2) is 0 Å². The van der Waals surface area contributed by atoms with Crippen LogP contribution >= 0.6 is 23.5 Å². The summed E-state index contributed by atoms with van der Waals surface area (Å²) in [5.74, 6) is 2.54. The lowest BCUT2D eigenvalue weighted by atomic mass is 10.2. The summed E-state index contributed by atoms with van der Waals surface area (Å²) in [6.45, 7) is 6.80. The third-order valence-corrected chi connectivity index (χ3v) is 4.70. The van der Waals surface area contributed by atoms with E-state index in [1.165, 1.54) is 43.6 Å². The van der Waals surface area contributed by atoms with Crippen LogP contribution in [0.2, 0.25) is 0 Å². The maximum absolute atomic E-state index is 2.28. The highest BCUT2D eigenvalue weighted by Gasteiger charge is 2.06. The molecule has 0 spiro atoms. The summed E-state index contributed by atoms with van der Waals surface area (Å²) in [4.78, 5) is 0. The van der Waals surface area contributed by atoms with Gasteiger partial charge in [0, 0.05) is 0 Å². The van der Waals surface area contributed by atoms with Crippen molar-refractivity contribution in [3.63, 3.8) is 0 Å². The number of unbranched alkanes of at least 4 members (excludes halogenated alkanes) is 3. The number of thioether (sulfide) groups is 2. The van der Waals surface area contributed by atoms with Crippen molar-refractivity contribution >= 4 is 23.5 Å². The first-order valence-electron chi connectivity index (χ1n) is 5.58. The summed E-state index contributed by atoms with van der Waals surface area (Å²) in [6, 6.07) is 0. The first-order chi connectivity index (χ1) is 6.35. The first-order valence-corrected chi connectivity index (χ1v) is 7.68. The van der Waals surface area contributed by atoms with E-state index in [9.17, 15) is 0 Å². The van der Waals surface area contributed by atoms with Crippen LogP contribution in [0, 0.1) is 0 Å². The summed E-state index contributed by atoms with van der Waals surface area (Å²) in [6.07, 6.45) is 7.05. The lowest BCUT2D eigenvalue weighted by Crippen LogP contribution is -1.98. The highest BCUT2D eigenvalue weighted by molar-refractivity contribution is 8.16. The van der Waals surface area contributed by atoms with Gasteiger partial charge in [0.25, 0.3) is 0 Å². The summed E-state index contributed by atoms with van der Waals surface area (Å²) in [5.41, 5.74) is 0. The molecule has 0 saturated carbocycles. The molecule has 0 fully saturated rings. The zero-order chi connectivity index (χ0) is 9.94. The molecule has 0 aromatic carbocycles. The molecule has 0 bridgehead atoms. The van der Waals surface area contributed by atoms with Crippen molar-refractivity contribution in [2.45, 2.75) is 57.5 Å². The normalized spacial score (nSPS) is 11.1. The molecule has 0 heterocycles. The SMILES string of the molecule is CCCCCCC(SCC)SCC. The molecule has 0 aliphatic carbocycles. The first kappa shape index (κ1) is 13.7. The van der Waals surface area contributed by atoms with E-state index in [1.807, 2.05) is 0 Å². The van der Waals surface area contributed by atoms with Crippen molar-refractivity contribution in [1.82, 2.24) is 0 Å². The van der Waals surface area contributed by atoms with Gasteiger partial charge >= 0.3 is 0 Å². The fourth-order valence-electron chi connectivity index (χ4n) is 1.32. The largest absolute Gasteiger partial charge is 0.148 e. The maximum Gasteiger partial charge on any atom is 0.0502 e. The van der Waals surface area contributed by atoms with Gasteiger partial charge in [-0.2, -0.15) is 0 Å². The van der Waals surface area contributed by atoms with Crippen LogP contribution in [0.5, 0.6) is 0 Å². The standard InChI is InChI=1S/C11H24S2/c1-4-7-8-9-10-11(12-5-2)13-6-3/h11H,4-10H2,1-3H3. The fourth-order valence-corrected chi connectivity index (χ4v) is 3.94. The number of hydrogen-bond donors (Lipinski definition) is 0. The Morgan fingerprint density at radius 3 is 1.92 bits per heavy atom. The molecular weight excluding hydrogens is 196 g/mol. The van der Waals surface area contributed by atoms with E-state index in [2.05, 4.69) is 44.3 Å². The maximum atomic E-state index is 2.28. The minimum absolute atomic E-state index is 0.867. The Labute approximate surface area is 92.6 Å². The van der Waals surface area contributed by atoms with Crippen LogP contribution in [0.4, 0.5) is 0 Å². The Morgan fingerprint density at radius 2 is 1.46 bits per heavy atom. The van der Waals surface area contributed by atoms with Gasteiger partial charge in [-0.3, -0.25) is 0 Å². The van der Waals surface area contributed by atoms with Crippen LogP contribution < -0.4 is 0 Å². The predicted molar refractivity (Wildman–Crippen MR) is 68.8 cm³/mol. The number of rotatable bonds is 9. The van der Waals surface area contributed by atoms with E-state index in [1.54, 1.807) is 0 Å². The topological polar surface area (TPSA) is 0 Å². The molecule has 13 heavy (non-hydrogen) atoms. The molecule has 0 saturated heterocycles. The highest BCUT2D eigenvalue weighted by Crippen LogP contribution is 2.28. The third-order valence-electron chi connectivity index (χ3n) is 2.00. The molecule has 80 valence electrons. The molecule has 0 aromatic heterocycles. The molecule has 0 aliphatic rings. The Kier molecular flexibility index (Phi) is 11.4. The minimum Gasteiger partial charge on any atom is -0.148 e. The number of hydrogen-bond acceptors (Lipinski definition) is 2. The zero-order valence-corrected chi connectivity index (χ0v) is 11.0. The van der Waals surface area contributed by atoms with Crippen molar-refractivity contribution < 1.29 is 0 Å². The van der Waals surface area contributed by atoms with Crippen LogP contribution in [-0.4, -0.2) is 16.1 Å². The van der Waals surface area contributed by atoms with Crippen LogP contribution in [0.15, 0.2) is 0 Å². The minimum atomic E-state index is 0.867. The van der Waals surface area contributed by atoms with Crippen molar-refractivity contribution in [1.29, 1.82) is 0 Å². The Bertz CT molecular complexity index is 88.1. The van der Waals surface area contributed by atoms with Gasteiger partial charge in [-0.05, 0) is 17.9 Å². The molecule has 0 rings (SSSR count). The molecule has 0 aromatic rings. The second-order valence-corrected chi connectivity index (χ2v) is 6.45. The van der Waals surface area contributed by atoms with E-state index in [0.29, 0.717) is 0 Å². The Balaban J connectivity index is 3.33. The molecule has 0 unspecified atom stereocenters. The molecular formula is C11H24S2. The van der Waals surface area contributed by atoms with Crippen molar-refractivity contribution in [3.8, 4) is 0 Å². The van der Waals surface area contributed by atoms with E-state index >= 15 is 0 Å².